The molecule has 1 aromatic carbocycles. The van der Waals surface area contributed by atoms with Gasteiger partial charge in [-0.2, -0.15) is 0 Å². The van der Waals surface area contributed by atoms with Crippen LogP contribution in [0.3, 0.4) is 0 Å². The van der Waals surface area contributed by atoms with Gasteiger partial charge >= 0.3 is 0 Å². The zero-order chi connectivity index (χ0) is 14.3. The largest absolute Gasteiger partial charge is 0.354 e. The van der Waals surface area contributed by atoms with Crippen LogP contribution in [0.1, 0.15) is 45.6 Å². The maximum Gasteiger partial charge on any atom is 0.220 e. The first-order valence-electron chi connectivity index (χ1n) is 7.01. The molecule has 19 heavy (non-hydrogen) atoms. The van der Waals surface area contributed by atoms with Gasteiger partial charge in [0.2, 0.25) is 5.91 Å². The fourth-order valence-corrected chi connectivity index (χ4v) is 2.40. The number of hydrogen-bond donors (Lipinski definition) is 1. The summed E-state index contributed by atoms with van der Waals surface area (Å²) >= 11 is 3.44. The number of carbonyl (C=O) groups is 1. The summed E-state index contributed by atoms with van der Waals surface area (Å²) in [5, 5.41) is 3.07. The van der Waals surface area contributed by atoms with Gasteiger partial charge in [-0.3, -0.25) is 4.79 Å². The molecule has 1 atom stereocenters. The molecule has 0 spiro atoms. The summed E-state index contributed by atoms with van der Waals surface area (Å²) in [5.41, 5.74) is 1.19. The topological polar surface area (TPSA) is 29.1 Å². The van der Waals surface area contributed by atoms with Crippen molar-refractivity contribution >= 4 is 21.8 Å². The molecule has 1 amide bonds. The lowest BCUT2D eigenvalue weighted by atomic mass is 10.0. The Bertz CT molecular complexity index is 403. The van der Waals surface area contributed by atoms with Gasteiger partial charge in [-0.05, 0) is 49.8 Å². The Kier molecular flexibility index (Phi) is 7.14. The Hall–Kier alpha value is -0.830. The van der Waals surface area contributed by atoms with E-state index < -0.39 is 0 Å². The number of halogens is 1. The van der Waals surface area contributed by atoms with Crippen LogP contribution in [-0.4, -0.2) is 11.9 Å². The van der Waals surface area contributed by atoms with Gasteiger partial charge in [0.1, 0.15) is 0 Å². The lowest BCUT2D eigenvalue weighted by molar-refractivity contribution is -0.121. The van der Waals surface area contributed by atoms with Gasteiger partial charge in [0.25, 0.3) is 0 Å². The number of carbonyl (C=O) groups excluding carboxylic acids is 1. The van der Waals surface area contributed by atoms with Gasteiger partial charge in [0.15, 0.2) is 0 Å². The van der Waals surface area contributed by atoms with Gasteiger partial charge in [-0.25, -0.2) is 0 Å². The summed E-state index contributed by atoms with van der Waals surface area (Å²) in [6.45, 7) is 6.50. The van der Waals surface area contributed by atoms with Gasteiger partial charge < -0.3 is 5.32 Å². The molecule has 0 aliphatic rings. The molecule has 1 unspecified atom stereocenters. The highest BCUT2D eigenvalue weighted by atomic mass is 79.9. The summed E-state index contributed by atoms with van der Waals surface area (Å²) in [5.74, 6) is 0.845. The van der Waals surface area contributed by atoms with E-state index in [0.717, 1.165) is 23.7 Å². The highest BCUT2D eigenvalue weighted by Gasteiger charge is 2.08. The molecule has 106 valence electrons. The number of aryl methyl sites for hydroxylation is 1. The van der Waals surface area contributed by atoms with Crippen molar-refractivity contribution in [2.45, 2.75) is 52.5 Å². The van der Waals surface area contributed by atoms with Crippen molar-refractivity contribution in [1.82, 2.24) is 5.32 Å². The predicted octanol–water partition coefficient (Wildman–Crippen LogP) is 4.32. The maximum absolute atomic E-state index is 11.8. The van der Waals surface area contributed by atoms with Crippen LogP contribution in [0.25, 0.3) is 0 Å². The lowest BCUT2D eigenvalue weighted by Gasteiger charge is -2.15. The smallest absolute Gasteiger partial charge is 0.220 e. The number of nitrogens with one attached hydrogen (secondary N) is 1. The quantitative estimate of drug-likeness (QED) is 0.794. The molecule has 0 fully saturated rings. The zero-order valence-electron chi connectivity index (χ0n) is 12.1. The second-order valence-electron chi connectivity index (χ2n) is 5.57. The Labute approximate surface area is 125 Å². The first-order valence-corrected chi connectivity index (χ1v) is 7.80. The minimum atomic E-state index is 0.149. The fourth-order valence-electron chi connectivity index (χ4n) is 1.95. The summed E-state index contributed by atoms with van der Waals surface area (Å²) in [7, 11) is 0. The molecule has 0 bridgehead atoms. The first-order chi connectivity index (χ1) is 8.97. The molecule has 0 aliphatic heterocycles. The summed E-state index contributed by atoms with van der Waals surface area (Å²) in [6.07, 6.45) is 3.57. The number of rotatable bonds is 7. The fraction of sp³-hybridized carbons (Fsp3) is 0.562. The predicted molar refractivity (Wildman–Crippen MR) is 84.1 cm³/mol. The van der Waals surface area contributed by atoms with Crippen molar-refractivity contribution < 1.29 is 4.79 Å². The van der Waals surface area contributed by atoms with E-state index in [0.29, 0.717) is 12.3 Å². The minimum Gasteiger partial charge on any atom is -0.354 e. The van der Waals surface area contributed by atoms with Gasteiger partial charge in [-0.15, -0.1) is 0 Å². The van der Waals surface area contributed by atoms with E-state index in [1.165, 1.54) is 5.56 Å². The first kappa shape index (κ1) is 16.2. The van der Waals surface area contributed by atoms with Crippen LogP contribution in [-0.2, 0) is 11.2 Å². The van der Waals surface area contributed by atoms with E-state index in [1.54, 1.807) is 0 Å². The van der Waals surface area contributed by atoms with Gasteiger partial charge in [0.05, 0.1) is 0 Å². The Morgan fingerprint density at radius 2 is 2.00 bits per heavy atom. The van der Waals surface area contributed by atoms with Crippen LogP contribution >= 0.6 is 15.9 Å². The summed E-state index contributed by atoms with van der Waals surface area (Å²) < 4.78 is 1.07. The zero-order valence-corrected chi connectivity index (χ0v) is 13.7. The van der Waals surface area contributed by atoms with Crippen molar-refractivity contribution in [2.24, 2.45) is 5.92 Å². The molecule has 2 nitrogen and oxygen atoms in total. The molecule has 0 saturated carbocycles. The minimum absolute atomic E-state index is 0.149. The highest BCUT2D eigenvalue weighted by molar-refractivity contribution is 9.10. The molecule has 1 aromatic rings. The van der Waals surface area contributed by atoms with Crippen molar-refractivity contribution in [2.75, 3.05) is 0 Å². The van der Waals surface area contributed by atoms with E-state index in [-0.39, 0.29) is 11.9 Å². The molecule has 0 aromatic heterocycles. The molecule has 1 N–H and O–H groups in total. The third kappa shape index (κ3) is 7.36. The van der Waals surface area contributed by atoms with Crippen LogP contribution in [0.2, 0.25) is 0 Å². The van der Waals surface area contributed by atoms with E-state index in [2.05, 4.69) is 54.2 Å². The Morgan fingerprint density at radius 1 is 1.26 bits per heavy atom. The van der Waals surface area contributed by atoms with Crippen LogP contribution < -0.4 is 5.32 Å². The molecule has 0 heterocycles. The maximum atomic E-state index is 11.8. The lowest BCUT2D eigenvalue weighted by Crippen LogP contribution is -2.32. The molecule has 0 radical (unpaired) electrons. The standard InChI is InChI=1S/C16H24BrNO/c1-12(2)7-8-13(3)18-16(19)10-9-14-5-4-6-15(17)11-14/h4-6,11-13H,7-10H2,1-3H3,(H,18,19). The molecular weight excluding hydrogens is 302 g/mol. The van der Waals surface area contributed by atoms with Gasteiger partial charge in [0, 0.05) is 16.9 Å². The van der Waals surface area contributed by atoms with Crippen molar-refractivity contribution in [3.63, 3.8) is 0 Å². The number of benzene rings is 1. The Morgan fingerprint density at radius 3 is 2.63 bits per heavy atom. The normalized spacial score (nSPS) is 12.5. The average molecular weight is 326 g/mol. The second-order valence-corrected chi connectivity index (χ2v) is 6.49. The Balaban J connectivity index is 2.27. The second kappa shape index (κ2) is 8.36. The van der Waals surface area contributed by atoms with Gasteiger partial charge in [-0.1, -0.05) is 41.9 Å². The van der Waals surface area contributed by atoms with E-state index >= 15 is 0 Å². The SMILES string of the molecule is CC(C)CCC(C)NC(=O)CCc1cccc(Br)c1. The molecule has 1 rings (SSSR count). The molecule has 3 heteroatoms. The van der Waals surface area contributed by atoms with Crippen molar-refractivity contribution in [3.8, 4) is 0 Å². The number of hydrogen-bond acceptors (Lipinski definition) is 1. The van der Waals surface area contributed by atoms with E-state index in [9.17, 15) is 4.79 Å². The van der Waals surface area contributed by atoms with Crippen LogP contribution in [0.4, 0.5) is 0 Å². The third-order valence-electron chi connectivity index (χ3n) is 3.11. The van der Waals surface area contributed by atoms with Crippen LogP contribution in [0.5, 0.6) is 0 Å². The van der Waals surface area contributed by atoms with Crippen molar-refractivity contribution in [3.05, 3.63) is 34.3 Å². The third-order valence-corrected chi connectivity index (χ3v) is 3.61. The van der Waals surface area contributed by atoms with Crippen LogP contribution in [0.15, 0.2) is 28.7 Å². The molecule has 0 saturated heterocycles. The van der Waals surface area contributed by atoms with Crippen LogP contribution in [0, 0.1) is 5.92 Å². The molecular formula is C16H24BrNO. The average Bonchev–Trinajstić information content (AvgIpc) is 2.34. The monoisotopic (exact) mass is 325 g/mol. The number of amides is 1. The van der Waals surface area contributed by atoms with E-state index in [1.807, 2.05) is 12.1 Å². The van der Waals surface area contributed by atoms with Crippen molar-refractivity contribution in [1.29, 1.82) is 0 Å². The summed E-state index contributed by atoms with van der Waals surface area (Å²) in [6, 6.07) is 8.40. The molecule has 0 aliphatic carbocycles. The van der Waals surface area contributed by atoms with E-state index in [4.69, 9.17) is 0 Å². The summed E-state index contributed by atoms with van der Waals surface area (Å²) in [4.78, 5) is 11.8. The highest BCUT2D eigenvalue weighted by Crippen LogP contribution is 2.13.